The number of hydrogen-bond donors (Lipinski definition) is 2. The van der Waals surface area contributed by atoms with Crippen LogP contribution in [0.3, 0.4) is 0 Å². The number of hydrogen-bond acceptors (Lipinski definition) is 3. The highest BCUT2D eigenvalue weighted by molar-refractivity contribution is 5.00. The molecule has 0 aromatic heterocycles. The first-order valence-corrected chi connectivity index (χ1v) is 8.66. The van der Waals surface area contributed by atoms with Crippen molar-refractivity contribution in [3.63, 3.8) is 0 Å². The van der Waals surface area contributed by atoms with Crippen LogP contribution in [0.5, 0.6) is 0 Å². The topological polar surface area (TPSA) is 35.5 Å². The summed E-state index contributed by atoms with van der Waals surface area (Å²) >= 11 is 0. The van der Waals surface area contributed by atoms with Gasteiger partial charge in [-0.15, -0.1) is 0 Å². The van der Waals surface area contributed by atoms with E-state index in [1.807, 2.05) is 0 Å². The number of piperidine rings is 1. The number of nitrogens with zero attached hydrogens (tertiary/aromatic N) is 1. The van der Waals surface area contributed by atoms with Gasteiger partial charge in [0.1, 0.15) is 0 Å². The van der Waals surface area contributed by atoms with Crippen LogP contribution in [0.15, 0.2) is 0 Å². The summed E-state index contributed by atoms with van der Waals surface area (Å²) in [4.78, 5) is 2.63. The summed E-state index contributed by atoms with van der Waals surface area (Å²) in [7, 11) is 0. The molecule has 3 heteroatoms. The van der Waals surface area contributed by atoms with Crippen molar-refractivity contribution in [2.24, 2.45) is 11.8 Å². The Kier molecular flexibility index (Phi) is 5.88. The predicted octanol–water partition coefficient (Wildman–Crippen LogP) is 2.64. The Balaban J connectivity index is 1.84. The standard InChI is InChI=1S/C17H34N2O/c1-14(2)18-17(13-20)9-4-5-16(17)8-12-19-10-6-15(3)7-11-19/h14-16,18,20H,4-13H2,1-3H3. The number of likely N-dealkylation sites (tertiary alicyclic amines) is 1. The predicted molar refractivity (Wildman–Crippen MR) is 84.9 cm³/mol. The SMILES string of the molecule is CC1CCN(CCC2CCCC2(CO)NC(C)C)CC1. The summed E-state index contributed by atoms with van der Waals surface area (Å²) in [6.07, 6.45) is 7.66. The van der Waals surface area contributed by atoms with E-state index in [0.717, 1.165) is 12.3 Å². The maximum atomic E-state index is 9.93. The zero-order chi connectivity index (χ0) is 14.6. The number of rotatable bonds is 6. The highest BCUT2D eigenvalue weighted by Gasteiger charge is 2.42. The van der Waals surface area contributed by atoms with Crippen LogP contribution >= 0.6 is 0 Å². The van der Waals surface area contributed by atoms with Gasteiger partial charge >= 0.3 is 0 Å². The van der Waals surface area contributed by atoms with Gasteiger partial charge in [0, 0.05) is 11.6 Å². The molecule has 0 bridgehead atoms. The third-order valence-electron chi connectivity index (χ3n) is 5.49. The van der Waals surface area contributed by atoms with Crippen LogP contribution in [0.4, 0.5) is 0 Å². The Morgan fingerprint density at radius 3 is 2.55 bits per heavy atom. The quantitative estimate of drug-likeness (QED) is 0.786. The van der Waals surface area contributed by atoms with E-state index in [0.29, 0.717) is 18.6 Å². The summed E-state index contributed by atoms with van der Waals surface area (Å²) in [6.45, 7) is 10.8. The van der Waals surface area contributed by atoms with Crippen LogP contribution in [0, 0.1) is 11.8 Å². The van der Waals surface area contributed by atoms with Crippen LogP contribution in [0.1, 0.15) is 59.3 Å². The van der Waals surface area contributed by atoms with Crippen molar-refractivity contribution < 1.29 is 5.11 Å². The lowest BCUT2D eigenvalue weighted by Gasteiger charge is -2.38. The van der Waals surface area contributed by atoms with Gasteiger partial charge in [0.05, 0.1) is 6.61 Å². The van der Waals surface area contributed by atoms with E-state index < -0.39 is 0 Å². The lowest BCUT2D eigenvalue weighted by molar-refractivity contribution is 0.0981. The fourth-order valence-electron chi connectivity index (χ4n) is 4.21. The fourth-order valence-corrected chi connectivity index (χ4v) is 4.21. The molecule has 2 N–H and O–H groups in total. The first kappa shape index (κ1) is 16.3. The molecule has 1 aliphatic heterocycles. The molecule has 1 saturated heterocycles. The highest BCUT2D eigenvalue weighted by Crippen LogP contribution is 2.38. The molecule has 2 fully saturated rings. The molecule has 0 aromatic rings. The van der Waals surface area contributed by atoms with Gasteiger partial charge in [-0.25, -0.2) is 0 Å². The summed E-state index contributed by atoms with van der Waals surface area (Å²) < 4.78 is 0. The molecule has 0 spiro atoms. The molecule has 1 heterocycles. The van der Waals surface area contributed by atoms with E-state index in [1.54, 1.807) is 0 Å². The molecule has 0 aromatic carbocycles. The number of nitrogens with one attached hydrogen (secondary N) is 1. The second kappa shape index (κ2) is 7.24. The average Bonchev–Trinajstić information content (AvgIpc) is 2.81. The van der Waals surface area contributed by atoms with Gasteiger partial charge in [-0.1, -0.05) is 27.2 Å². The second-order valence-electron chi connectivity index (χ2n) is 7.52. The normalized spacial score (nSPS) is 33.1. The zero-order valence-electron chi connectivity index (χ0n) is 13.7. The Morgan fingerprint density at radius 2 is 1.95 bits per heavy atom. The van der Waals surface area contributed by atoms with E-state index in [1.165, 1.54) is 51.7 Å². The highest BCUT2D eigenvalue weighted by atomic mass is 16.3. The van der Waals surface area contributed by atoms with Crippen LogP contribution in [0.25, 0.3) is 0 Å². The van der Waals surface area contributed by atoms with Gasteiger partial charge in [-0.2, -0.15) is 0 Å². The van der Waals surface area contributed by atoms with Gasteiger partial charge < -0.3 is 15.3 Å². The molecule has 0 amide bonds. The molecule has 2 atom stereocenters. The van der Waals surface area contributed by atoms with E-state index >= 15 is 0 Å². The Bertz CT molecular complexity index is 287. The maximum Gasteiger partial charge on any atom is 0.0616 e. The Labute approximate surface area is 125 Å². The van der Waals surface area contributed by atoms with E-state index in [-0.39, 0.29) is 5.54 Å². The van der Waals surface area contributed by atoms with Crippen molar-refractivity contribution >= 4 is 0 Å². The third-order valence-corrected chi connectivity index (χ3v) is 5.49. The molecular formula is C17H34N2O. The minimum absolute atomic E-state index is 0.00273. The number of aliphatic hydroxyl groups is 1. The number of aliphatic hydroxyl groups excluding tert-OH is 1. The minimum Gasteiger partial charge on any atom is -0.394 e. The molecule has 20 heavy (non-hydrogen) atoms. The van der Waals surface area contributed by atoms with Crippen molar-refractivity contribution in [2.75, 3.05) is 26.2 Å². The van der Waals surface area contributed by atoms with Gasteiger partial charge in [0.25, 0.3) is 0 Å². The third kappa shape index (κ3) is 3.96. The first-order chi connectivity index (χ1) is 9.55. The summed E-state index contributed by atoms with van der Waals surface area (Å²) in [6, 6.07) is 0.457. The van der Waals surface area contributed by atoms with Crippen molar-refractivity contribution in [3.05, 3.63) is 0 Å². The maximum absolute atomic E-state index is 9.93. The van der Waals surface area contributed by atoms with Crippen LogP contribution in [-0.4, -0.2) is 47.8 Å². The van der Waals surface area contributed by atoms with E-state index in [9.17, 15) is 5.11 Å². The summed E-state index contributed by atoms with van der Waals surface area (Å²) in [5.41, 5.74) is -0.00273. The average molecular weight is 282 g/mol. The van der Waals surface area contributed by atoms with E-state index in [4.69, 9.17) is 0 Å². The van der Waals surface area contributed by atoms with Crippen LogP contribution < -0.4 is 5.32 Å². The Hall–Kier alpha value is -0.120. The van der Waals surface area contributed by atoms with Crippen LogP contribution in [0.2, 0.25) is 0 Å². The van der Waals surface area contributed by atoms with Gasteiger partial charge in [0.15, 0.2) is 0 Å². The van der Waals surface area contributed by atoms with Crippen molar-refractivity contribution in [1.82, 2.24) is 10.2 Å². The molecule has 1 aliphatic carbocycles. The molecule has 2 aliphatic rings. The molecule has 118 valence electrons. The lowest BCUT2D eigenvalue weighted by atomic mass is 9.84. The summed E-state index contributed by atoms with van der Waals surface area (Å²) in [5, 5.41) is 13.6. The molecule has 1 saturated carbocycles. The molecule has 0 radical (unpaired) electrons. The van der Waals surface area contributed by atoms with Crippen LogP contribution in [-0.2, 0) is 0 Å². The molecule has 2 unspecified atom stereocenters. The van der Waals surface area contributed by atoms with Gasteiger partial charge in [-0.05, 0) is 63.6 Å². The fraction of sp³-hybridized carbons (Fsp3) is 1.00. The van der Waals surface area contributed by atoms with Crippen molar-refractivity contribution in [1.29, 1.82) is 0 Å². The molecule has 3 nitrogen and oxygen atoms in total. The summed E-state index contributed by atoms with van der Waals surface area (Å²) in [5.74, 6) is 1.56. The minimum atomic E-state index is -0.00273. The largest absolute Gasteiger partial charge is 0.394 e. The Morgan fingerprint density at radius 1 is 1.25 bits per heavy atom. The van der Waals surface area contributed by atoms with Crippen molar-refractivity contribution in [2.45, 2.75) is 70.9 Å². The van der Waals surface area contributed by atoms with E-state index in [2.05, 4.69) is 31.0 Å². The molecular weight excluding hydrogens is 248 g/mol. The monoisotopic (exact) mass is 282 g/mol. The smallest absolute Gasteiger partial charge is 0.0616 e. The second-order valence-corrected chi connectivity index (χ2v) is 7.52. The van der Waals surface area contributed by atoms with Crippen molar-refractivity contribution in [3.8, 4) is 0 Å². The van der Waals surface area contributed by atoms with Gasteiger partial charge in [0.2, 0.25) is 0 Å². The van der Waals surface area contributed by atoms with Gasteiger partial charge in [-0.3, -0.25) is 0 Å². The zero-order valence-corrected chi connectivity index (χ0v) is 13.7. The molecule has 2 rings (SSSR count). The first-order valence-electron chi connectivity index (χ1n) is 8.66. The lowest BCUT2D eigenvalue weighted by Crippen LogP contribution is -2.54.